The Hall–Kier alpha value is -2.14. The molecule has 0 radical (unpaired) electrons. The molecule has 5 heteroatoms. The van der Waals surface area contributed by atoms with Gasteiger partial charge in [-0.3, -0.25) is 0 Å². The van der Waals surface area contributed by atoms with Gasteiger partial charge in [-0.05, 0) is 25.6 Å². The Kier molecular flexibility index (Phi) is 5.32. The van der Waals surface area contributed by atoms with E-state index in [-0.39, 0.29) is 0 Å². The number of nitrogens with two attached hydrogens (primary N) is 1. The lowest BCUT2D eigenvalue weighted by Gasteiger charge is -2.16. The fourth-order valence-electron chi connectivity index (χ4n) is 1.97. The van der Waals surface area contributed by atoms with Gasteiger partial charge < -0.3 is 16.0 Å². The van der Waals surface area contributed by atoms with E-state index in [4.69, 9.17) is 5.73 Å². The number of anilines is 2. The third-order valence-electron chi connectivity index (χ3n) is 2.99. The van der Waals surface area contributed by atoms with Gasteiger partial charge in [0, 0.05) is 13.1 Å². The average molecular weight is 271 g/mol. The lowest BCUT2D eigenvalue weighted by molar-refractivity contribution is 0.325. The number of nitrogen functional groups attached to an aromatic ring is 1. The van der Waals surface area contributed by atoms with Crippen LogP contribution in [0.5, 0.6) is 0 Å². The molecule has 0 bridgehead atoms. The Labute approximate surface area is 119 Å². The maximum absolute atomic E-state index is 5.49. The maximum atomic E-state index is 5.49. The molecule has 1 aromatic heterocycles. The molecule has 0 saturated heterocycles. The van der Waals surface area contributed by atoms with Crippen LogP contribution in [0.25, 0.3) is 0 Å². The van der Waals surface area contributed by atoms with Crippen LogP contribution < -0.4 is 11.1 Å². The van der Waals surface area contributed by atoms with Gasteiger partial charge in [0.25, 0.3) is 0 Å². The molecular formula is C15H21N5. The van der Waals surface area contributed by atoms with Crippen LogP contribution in [0.4, 0.5) is 11.6 Å². The molecule has 0 unspecified atom stereocenters. The van der Waals surface area contributed by atoms with Crippen molar-refractivity contribution < 1.29 is 0 Å². The molecule has 1 aromatic carbocycles. The van der Waals surface area contributed by atoms with Crippen LogP contribution >= 0.6 is 0 Å². The van der Waals surface area contributed by atoms with Crippen molar-refractivity contribution in [2.75, 3.05) is 31.2 Å². The van der Waals surface area contributed by atoms with Crippen molar-refractivity contribution in [1.29, 1.82) is 0 Å². The van der Waals surface area contributed by atoms with Crippen LogP contribution in [0.2, 0.25) is 0 Å². The van der Waals surface area contributed by atoms with E-state index in [1.54, 1.807) is 12.4 Å². The van der Waals surface area contributed by atoms with Gasteiger partial charge in [-0.25, -0.2) is 9.97 Å². The van der Waals surface area contributed by atoms with Crippen LogP contribution in [-0.2, 0) is 6.54 Å². The molecule has 0 spiro atoms. The summed E-state index contributed by atoms with van der Waals surface area (Å²) in [5, 5.41) is 3.24. The normalized spacial score (nSPS) is 10.7. The second-order valence-corrected chi connectivity index (χ2v) is 4.83. The monoisotopic (exact) mass is 271 g/mol. The lowest BCUT2D eigenvalue weighted by Crippen LogP contribution is -2.21. The van der Waals surface area contributed by atoms with Gasteiger partial charge in [0.05, 0.1) is 12.4 Å². The Bertz CT molecular complexity index is 497. The molecule has 2 rings (SSSR count). The van der Waals surface area contributed by atoms with E-state index in [9.17, 15) is 0 Å². The summed E-state index contributed by atoms with van der Waals surface area (Å²) in [4.78, 5) is 10.5. The summed E-state index contributed by atoms with van der Waals surface area (Å²) in [6.45, 7) is 2.88. The first-order valence-corrected chi connectivity index (χ1v) is 6.78. The Morgan fingerprint density at radius 2 is 1.95 bits per heavy atom. The lowest BCUT2D eigenvalue weighted by atomic mass is 10.2. The number of benzene rings is 1. The quantitative estimate of drug-likeness (QED) is 0.754. The number of nitrogens with one attached hydrogen (secondary N) is 1. The summed E-state index contributed by atoms with van der Waals surface area (Å²) in [6.07, 6.45) is 4.27. The van der Waals surface area contributed by atoms with E-state index < -0.39 is 0 Å². The highest BCUT2D eigenvalue weighted by atomic mass is 15.1. The van der Waals surface area contributed by atoms with Crippen molar-refractivity contribution in [1.82, 2.24) is 14.9 Å². The second kappa shape index (κ2) is 7.45. The minimum absolute atomic E-state index is 0.443. The fourth-order valence-corrected chi connectivity index (χ4v) is 1.97. The molecule has 0 fully saturated rings. The number of rotatable bonds is 7. The van der Waals surface area contributed by atoms with Gasteiger partial charge in [-0.1, -0.05) is 30.3 Å². The largest absolute Gasteiger partial charge is 0.382 e. The zero-order chi connectivity index (χ0) is 14.2. The van der Waals surface area contributed by atoms with Gasteiger partial charge in [-0.15, -0.1) is 0 Å². The Morgan fingerprint density at radius 3 is 2.65 bits per heavy atom. The van der Waals surface area contributed by atoms with Crippen molar-refractivity contribution in [2.45, 2.75) is 13.0 Å². The van der Waals surface area contributed by atoms with Gasteiger partial charge >= 0.3 is 0 Å². The van der Waals surface area contributed by atoms with E-state index >= 15 is 0 Å². The van der Waals surface area contributed by atoms with Crippen molar-refractivity contribution in [3.05, 3.63) is 48.3 Å². The van der Waals surface area contributed by atoms with Gasteiger partial charge in [0.2, 0.25) is 0 Å². The first kappa shape index (κ1) is 14.3. The van der Waals surface area contributed by atoms with Crippen molar-refractivity contribution in [2.24, 2.45) is 0 Å². The van der Waals surface area contributed by atoms with E-state index in [1.165, 1.54) is 5.56 Å². The standard InChI is InChI=1S/C15H21N5/c1-20(12-13-6-3-2-4-7-13)9-5-8-17-15-11-18-14(16)10-19-15/h2-4,6-7,10-11H,5,8-9,12H2,1H3,(H2,16,18)(H,17,19). The molecule has 0 aliphatic carbocycles. The van der Waals surface area contributed by atoms with E-state index in [1.807, 2.05) is 6.07 Å². The molecule has 0 amide bonds. The maximum Gasteiger partial charge on any atom is 0.144 e. The van der Waals surface area contributed by atoms with Gasteiger partial charge in [0.15, 0.2) is 0 Å². The van der Waals surface area contributed by atoms with Crippen molar-refractivity contribution in [3.63, 3.8) is 0 Å². The van der Waals surface area contributed by atoms with Crippen LogP contribution in [0.3, 0.4) is 0 Å². The summed E-state index contributed by atoms with van der Waals surface area (Å²) < 4.78 is 0. The highest BCUT2D eigenvalue weighted by Crippen LogP contribution is 2.04. The van der Waals surface area contributed by atoms with Gasteiger partial charge in [-0.2, -0.15) is 0 Å². The topological polar surface area (TPSA) is 67.1 Å². The van der Waals surface area contributed by atoms with Crippen LogP contribution in [0.1, 0.15) is 12.0 Å². The molecule has 3 N–H and O–H groups in total. The van der Waals surface area contributed by atoms with Crippen molar-refractivity contribution >= 4 is 11.6 Å². The van der Waals surface area contributed by atoms with E-state index in [0.29, 0.717) is 5.82 Å². The number of aromatic nitrogens is 2. The summed E-state index contributed by atoms with van der Waals surface area (Å²) in [5.41, 5.74) is 6.83. The minimum atomic E-state index is 0.443. The SMILES string of the molecule is CN(CCCNc1cnc(N)cn1)Cc1ccccc1. The Morgan fingerprint density at radius 1 is 1.15 bits per heavy atom. The third-order valence-corrected chi connectivity index (χ3v) is 2.99. The highest BCUT2D eigenvalue weighted by Gasteiger charge is 2.00. The zero-order valence-corrected chi connectivity index (χ0v) is 11.8. The summed E-state index contributed by atoms with van der Waals surface area (Å²) in [7, 11) is 2.13. The molecule has 0 aliphatic heterocycles. The van der Waals surface area contributed by atoms with Crippen LogP contribution in [-0.4, -0.2) is 35.0 Å². The van der Waals surface area contributed by atoms with E-state index in [0.717, 1.165) is 31.9 Å². The number of nitrogens with zero attached hydrogens (tertiary/aromatic N) is 3. The molecule has 0 saturated carbocycles. The summed E-state index contributed by atoms with van der Waals surface area (Å²) in [6, 6.07) is 10.5. The number of hydrogen-bond acceptors (Lipinski definition) is 5. The summed E-state index contributed by atoms with van der Waals surface area (Å²) in [5.74, 6) is 1.21. The minimum Gasteiger partial charge on any atom is -0.382 e. The molecule has 106 valence electrons. The third kappa shape index (κ3) is 4.85. The fraction of sp³-hybridized carbons (Fsp3) is 0.333. The molecule has 1 heterocycles. The molecule has 0 aliphatic rings. The van der Waals surface area contributed by atoms with Crippen LogP contribution in [0, 0.1) is 0 Å². The van der Waals surface area contributed by atoms with Gasteiger partial charge in [0.1, 0.15) is 11.6 Å². The summed E-state index contributed by atoms with van der Waals surface area (Å²) >= 11 is 0. The molecule has 5 nitrogen and oxygen atoms in total. The van der Waals surface area contributed by atoms with Crippen LogP contribution in [0.15, 0.2) is 42.7 Å². The molecule has 0 atom stereocenters. The van der Waals surface area contributed by atoms with Crippen molar-refractivity contribution in [3.8, 4) is 0 Å². The smallest absolute Gasteiger partial charge is 0.144 e. The predicted octanol–water partition coefficient (Wildman–Crippen LogP) is 1.99. The predicted molar refractivity (Wildman–Crippen MR) is 82.3 cm³/mol. The first-order chi connectivity index (χ1) is 9.74. The second-order valence-electron chi connectivity index (χ2n) is 4.83. The average Bonchev–Trinajstić information content (AvgIpc) is 2.46. The number of hydrogen-bond donors (Lipinski definition) is 2. The zero-order valence-electron chi connectivity index (χ0n) is 11.8. The first-order valence-electron chi connectivity index (χ1n) is 6.78. The van der Waals surface area contributed by atoms with E-state index in [2.05, 4.69) is 51.5 Å². The highest BCUT2D eigenvalue weighted by molar-refractivity contribution is 5.35. The molecule has 20 heavy (non-hydrogen) atoms. The molecular weight excluding hydrogens is 250 g/mol. The molecule has 2 aromatic rings. The Balaban J connectivity index is 1.64.